The van der Waals surface area contributed by atoms with Crippen LogP contribution in [0.4, 0.5) is 0 Å². The van der Waals surface area contributed by atoms with Crippen molar-refractivity contribution in [3.05, 3.63) is 15.6 Å². The van der Waals surface area contributed by atoms with Gasteiger partial charge in [-0.05, 0) is 31.6 Å². The summed E-state index contributed by atoms with van der Waals surface area (Å²) in [5.74, 6) is -0.0850. The molecule has 0 aliphatic carbocycles. The number of carbonyl (C=O) groups excluding carboxylic acids is 2. The highest BCUT2D eigenvalue weighted by Crippen LogP contribution is 2.33. The fourth-order valence-electron chi connectivity index (χ4n) is 2.57. The first-order valence-corrected chi connectivity index (χ1v) is 8.26. The quantitative estimate of drug-likeness (QED) is 0.929. The Bertz CT molecular complexity index is 553. The van der Waals surface area contributed by atoms with Gasteiger partial charge in [-0.1, -0.05) is 20.8 Å². The van der Waals surface area contributed by atoms with Crippen molar-refractivity contribution in [2.45, 2.75) is 52.5 Å². The maximum absolute atomic E-state index is 12.8. The van der Waals surface area contributed by atoms with E-state index >= 15 is 0 Å². The highest BCUT2D eigenvalue weighted by molar-refractivity contribution is 7.14. The van der Waals surface area contributed by atoms with Gasteiger partial charge in [-0.2, -0.15) is 0 Å². The molecule has 0 aromatic carbocycles. The molecule has 0 radical (unpaired) electrons. The summed E-state index contributed by atoms with van der Waals surface area (Å²) >= 11 is 1.26. The third kappa shape index (κ3) is 3.10. The molecule has 2 rings (SSSR count). The zero-order chi connectivity index (χ0) is 15.7. The van der Waals surface area contributed by atoms with Crippen LogP contribution in [-0.4, -0.2) is 34.3 Å². The molecule has 1 aliphatic heterocycles. The van der Waals surface area contributed by atoms with Crippen LogP contribution in [0.15, 0.2) is 0 Å². The van der Waals surface area contributed by atoms with E-state index in [0.29, 0.717) is 11.6 Å². The molecule has 6 heteroatoms. The Kier molecular flexibility index (Phi) is 4.66. The van der Waals surface area contributed by atoms with Crippen LogP contribution in [0, 0.1) is 5.92 Å². The molecule has 1 fully saturated rings. The van der Waals surface area contributed by atoms with E-state index in [0.717, 1.165) is 24.3 Å². The van der Waals surface area contributed by atoms with E-state index in [-0.39, 0.29) is 22.9 Å². The predicted molar refractivity (Wildman–Crippen MR) is 83.6 cm³/mol. The van der Waals surface area contributed by atoms with E-state index in [1.807, 2.05) is 4.90 Å². The number of likely N-dealkylation sites (tertiary alicyclic amines) is 1. The van der Waals surface area contributed by atoms with Crippen molar-refractivity contribution in [2.75, 3.05) is 6.54 Å². The number of hydrogen-bond donors (Lipinski definition) is 1. The molecule has 2 unspecified atom stereocenters. The van der Waals surface area contributed by atoms with Crippen LogP contribution >= 0.6 is 11.3 Å². The summed E-state index contributed by atoms with van der Waals surface area (Å²) in [6.07, 6.45) is 2.04. The van der Waals surface area contributed by atoms with Gasteiger partial charge in [0.15, 0.2) is 5.01 Å². The van der Waals surface area contributed by atoms with E-state index in [1.54, 1.807) is 0 Å². The molecule has 1 aromatic rings. The number of hydrogen-bond acceptors (Lipinski definition) is 4. The van der Waals surface area contributed by atoms with Gasteiger partial charge >= 0.3 is 0 Å². The first-order chi connectivity index (χ1) is 9.82. The van der Waals surface area contributed by atoms with Crippen LogP contribution in [0.5, 0.6) is 0 Å². The normalized spacial score (nSPS) is 20.0. The van der Waals surface area contributed by atoms with Crippen LogP contribution in [-0.2, 0) is 0 Å². The molecule has 0 spiro atoms. The fourth-order valence-corrected chi connectivity index (χ4v) is 3.71. The van der Waals surface area contributed by atoms with Gasteiger partial charge in [0, 0.05) is 17.5 Å². The highest BCUT2D eigenvalue weighted by Gasteiger charge is 2.32. The molecule has 5 nitrogen and oxygen atoms in total. The van der Waals surface area contributed by atoms with Gasteiger partial charge in [0.05, 0.1) is 0 Å². The second kappa shape index (κ2) is 6.13. The smallest absolute Gasteiger partial charge is 0.277 e. The van der Waals surface area contributed by atoms with E-state index in [2.05, 4.69) is 32.7 Å². The Balaban J connectivity index is 2.41. The third-order valence-electron chi connectivity index (χ3n) is 4.29. The van der Waals surface area contributed by atoms with Gasteiger partial charge in [0.2, 0.25) is 0 Å². The molecule has 2 atom stereocenters. The van der Waals surface area contributed by atoms with E-state index in [1.165, 1.54) is 11.3 Å². The third-order valence-corrected chi connectivity index (χ3v) is 5.57. The summed E-state index contributed by atoms with van der Waals surface area (Å²) in [4.78, 5) is 31.2. The number of carbonyl (C=O) groups is 2. The maximum atomic E-state index is 12.8. The lowest BCUT2D eigenvalue weighted by molar-refractivity contribution is 0.0740. The number of aromatic nitrogens is 1. The van der Waals surface area contributed by atoms with Crippen LogP contribution in [0.3, 0.4) is 0 Å². The molecule has 1 aliphatic rings. The van der Waals surface area contributed by atoms with Crippen molar-refractivity contribution in [1.82, 2.24) is 9.88 Å². The number of nitrogens with zero attached hydrogens (tertiary/aromatic N) is 2. The van der Waals surface area contributed by atoms with Gasteiger partial charge in [-0.15, -0.1) is 11.3 Å². The zero-order valence-corrected chi connectivity index (χ0v) is 13.9. The van der Waals surface area contributed by atoms with E-state index in [9.17, 15) is 9.59 Å². The molecular formula is C15H23N3O2S. The molecule has 0 saturated carbocycles. The molecule has 2 N–H and O–H groups in total. The Morgan fingerprint density at radius 2 is 2.05 bits per heavy atom. The van der Waals surface area contributed by atoms with Crippen LogP contribution in [0.2, 0.25) is 0 Å². The Hall–Kier alpha value is -1.43. The van der Waals surface area contributed by atoms with E-state index < -0.39 is 5.91 Å². The Morgan fingerprint density at radius 3 is 2.52 bits per heavy atom. The summed E-state index contributed by atoms with van der Waals surface area (Å²) in [5.41, 5.74) is 5.76. The fraction of sp³-hybridized carbons (Fsp3) is 0.667. The molecular weight excluding hydrogens is 286 g/mol. The van der Waals surface area contributed by atoms with Crippen LogP contribution in [0.1, 0.15) is 71.6 Å². The van der Waals surface area contributed by atoms with Gasteiger partial charge in [-0.25, -0.2) is 4.98 Å². The second-order valence-corrected chi connectivity index (χ2v) is 7.15. The average Bonchev–Trinajstić information content (AvgIpc) is 3.03. The number of thiazole rings is 1. The molecule has 116 valence electrons. The van der Waals surface area contributed by atoms with Crippen molar-refractivity contribution in [2.24, 2.45) is 11.7 Å². The summed E-state index contributed by atoms with van der Waals surface area (Å²) in [6.45, 7) is 9.08. The van der Waals surface area contributed by atoms with Crippen LogP contribution < -0.4 is 5.73 Å². The molecule has 2 amide bonds. The van der Waals surface area contributed by atoms with Gasteiger partial charge < -0.3 is 10.6 Å². The second-order valence-electron chi connectivity index (χ2n) is 6.12. The summed E-state index contributed by atoms with van der Waals surface area (Å²) in [7, 11) is 0. The van der Waals surface area contributed by atoms with Gasteiger partial charge in [-0.3, -0.25) is 9.59 Å². The topological polar surface area (TPSA) is 76.3 Å². The van der Waals surface area contributed by atoms with Crippen LogP contribution in [0.25, 0.3) is 0 Å². The van der Waals surface area contributed by atoms with Crippen molar-refractivity contribution >= 4 is 23.2 Å². The molecule has 2 heterocycles. The lowest BCUT2D eigenvalue weighted by Crippen LogP contribution is -2.34. The minimum atomic E-state index is -0.564. The summed E-state index contributed by atoms with van der Waals surface area (Å²) < 4.78 is 0. The standard InChI is InChI=1S/C15H23N3O2S/c1-8(2)10(4)12-11(17-14(21-12)13(16)19)15(20)18-7-5-6-9(18)3/h8-10H,5-7H2,1-4H3,(H2,16,19). The predicted octanol–water partition coefficient (Wildman–Crippen LogP) is 2.63. The number of primary amides is 1. The molecule has 21 heavy (non-hydrogen) atoms. The lowest BCUT2D eigenvalue weighted by Gasteiger charge is -2.22. The largest absolute Gasteiger partial charge is 0.364 e. The first kappa shape index (κ1) is 15.9. The Morgan fingerprint density at radius 1 is 1.38 bits per heavy atom. The molecule has 0 bridgehead atoms. The first-order valence-electron chi connectivity index (χ1n) is 7.44. The molecule has 1 aromatic heterocycles. The average molecular weight is 309 g/mol. The SMILES string of the molecule is CC(C)C(C)c1sc(C(N)=O)nc1C(=O)N1CCCC1C. The summed E-state index contributed by atoms with van der Waals surface area (Å²) in [5, 5.41) is 0.229. The minimum absolute atomic E-state index is 0.0637. The van der Waals surface area contributed by atoms with Crippen molar-refractivity contribution < 1.29 is 9.59 Å². The summed E-state index contributed by atoms with van der Waals surface area (Å²) in [6, 6.07) is 0.235. The Labute approximate surface area is 129 Å². The van der Waals surface area contributed by atoms with Crippen molar-refractivity contribution in [3.63, 3.8) is 0 Å². The number of amides is 2. The number of rotatable bonds is 4. The minimum Gasteiger partial charge on any atom is -0.364 e. The molecule has 1 saturated heterocycles. The maximum Gasteiger partial charge on any atom is 0.277 e. The van der Waals surface area contributed by atoms with Gasteiger partial charge in [0.25, 0.3) is 11.8 Å². The highest BCUT2D eigenvalue weighted by atomic mass is 32.1. The number of nitrogens with two attached hydrogens (primary N) is 1. The van der Waals surface area contributed by atoms with Crippen molar-refractivity contribution in [1.29, 1.82) is 0 Å². The lowest BCUT2D eigenvalue weighted by atomic mass is 9.95. The monoisotopic (exact) mass is 309 g/mol. The van der Waals surface area contributed by atoms with Gasteiger partial charge in [0.1, 0.15) is 5.69 Å². The zero-order valence-electron chi connectivity index (χ0n) is 13.0. The van der Waals surface area contributed by atoms with Crippen molar-refractivity contribution in [3.8, 4) is 0 Å². The van der Waals surface area contributed by atoms with E-state index in [4.69, 9.17) is 5.73 Å².